The molecule has 0 heterocycles. The summed E-state index contributed by atoms with van der Waals surface area (Å²) < 4.78 is 5.29. The topological polar surface area (TPSA) is 58.6 Å². The van der Waals surface area contributed by atoms with E-state index in [-0.39, 0.29) is 18.6 Å². The highest BCUT2D eigenvalue weighted by Gasteiger charge is 2.08. The van der Waals surface area contributed by atoms with Crippen LogP contribution in [-0.4, -0.2) is 30.8 Å². The molecule has 0 saturated heterocycles. The molecule has 1 rings (SSSR count). The Morgan fingerprint density at radius 2 is 2.15 bits per heavy atom. The summed E-state index contributed by atoms with van der Waals surface area (Å²) in [5.41, 5.74) is 1.99. The van der Waals surface area contributed by atoms with Crippen molar-refractivity contribution in [3.63, 3.8) is 0 Å². The molecule has 0 aliphatic carbocycles. The molecule has 4 heteroatoms. The lowest BCUT2D eigenvalue weighted by atomic mass is 10.0. The maximum absolute atomic E-state index is 11.8. The fourth-order valence-corrected chi connectivity index (χ4v) is 1.94. The molecule has 20 heavy (non-hydrogen) atoms. The van der Waals surface area contributed by atoms with Crippen LogP contribution in [0.25, 0.3) is 0 Å². The SMILES string of the molecule is CCC(CO)NC(=O)/C=C(/C)Cc1ccccc1OC. The minimum atomic E-state index is -0.183. The fraction of sp³-hybridized carbons (Fsp3) is 0.438. The van der Waals surface area contributed by atoms with Crippen LogP contribution in [-0.2, 0) is 11.2 Å². The van der Waals surface area contributed by atoms with Gasteiger partial charge in [-0.25, -0.2) is 0 Å². The first-order valence-corrected chi connectivity index (χ1v) is 6.81. The van der Waals surface area contributed by atoms with Crippen molar-refractivity contribution in [3.8, 4) is 5.75 Å². The van der Waals surface area contributed by atoms with E-state index in [0.717, 1.165) is 16.9 Å². The summed E-state index contributed by atoms with van der Waals surface area (Å²) in [6.07, 6.45) is 2.94. The van der Waals surface area contributed by atoms with Crippen LogP contribution in [0.2, 0.25) is 0 Å². The summed E-state index contributed by atoms with van der Waals surface area (Å²) >= 11 is 0. The second-order valence-electron chi connectivity index (χ2n) is 4.78. The molecular formula is C16H23NO3. The van der Waals surface area contributed by atoms with Crippen molar-refractivity contribution < 1.29 is 14.6 Å². The standard InChI is InChI=1S/C16H23NO3/c1-4-14(11-18)17-16(19)10-12(2)9-13-7-5-6-8-15(13)20-3/h5-8,10,14,18H,4,9,11H2,1-3H3,(H,17,19)/b12-10-. The molecule has 1 atom stereocenters. The lowest BCUT2D eigenvalue weighted by Gasteiger charge is -2.13. The number of aliphatic hydroxyl groups is 1. The Hall–Kier alpha value is -1.81. The number of hydrogen-bond acceptors (Lipinski definition) is 3. The Morgan fingerprint density at radius 1 is 1.45 bits per heavy atom. The van der Waals surface area contributed by atoms with Crippen molar-refractivity contribution in [2.24, 2.45) is 0 Å². The number of methoxy groups -OCH3 is 1. The first kappa shape index (κ1) is 16.2. The highest BCUT2D eigenvalue weighted by molar-refractivity contribution is 5.88. The molecule has 0 bridgehead atoms. The molecule has 0 fully saturated rings. The summed E-state index contributed by atoms with van der Waals surface area (Å²) in [4.78, 5) is 11.8. The monoisotopic (exact) mass is 277 g/mol. The third kappa shape index (κ3) is 5.05. The van der Waals surface area contributed by atoms with E-state index in [9.17, 15) is 4.79 Å². The fourth-order valence-electron chi connectivity index (χ4n) is 1.94. The minimum Gasteiger partial charge on any atom is -0.496 e. The average Bonchev–Trinajstić information content (AvgIpc) is 2.45. The first-order chi connectivity index (χ1) is 9.60. The van der Waals surface area contributed by atoms with E-state index >= 15 is 0 Å². The molecule has 0 radical (unpaired) electrons. The number of amides is 1. The van der Waals surface area contributed by atoms with Gasteiger partial charge in [-0.05, 0) is 31.4 Å². The summed E-state index contributed by atoms with van der Waals surface area (Å²) in [7, 11) is 1.64. The van der Waals surface area contributed by atoms with Crippen LogP contribution in [0, 0.1) is 0 Å². The van der Waals surface area contributed by atoms with Crippen LogP contribution >= 0.6 is 0 Å². The maximum atomic E-state index is 11.8. The molecule has 0 spiro atoms. The minimum absolute atomic E-state index is 0.0400. The molecule has 1 aromatic carbocycles. The van der Waals surface area contributed by atoms with Gasteiger partial charge < -0.3 is 15.2 Å². The lowest BCUT2D eigenvalue weighted by Crippen LogP contribution is -2.36. The number of ether oxygens (including phenoxy) is 1. The average molecular weight is 277 g/mol. The van der Waals surface area contributed by atoms with Crippen LogP contribution in [0.3, 0.4) is 0 Å². The third-order valence-electron chi connectivity index (χ3n) is 3.10. The highest BCUT2D eigenvalue weighted by atomic mass is 16.5. The number of nitrogens with one attached hydrogen (secondary N) is 1. The van der Waals surface area contributed by atoms with Gasteiger partial charge in [0.25, 0.3) is 0 Å². The van der Waals surface area contributed by atoms with Crippen LogP contribution < -0.4 is 10.1 Å². The maximum Gasteiger partial charge on any atom is 0.244 e. The molecule has 110 valence electrons. The van der Waals surface area contributed by atoms with Gasteiger partial charge in [-0.15, -0.1) is 0 Å². The number of benzene rings is 1. The van der Waals surface area contributed by atoms with E-state index in [1.54, 1.807) is 13.2 Å². The van der Waals surface area contributed by atoms with Crippen molar-refractivity contribution in [2.45, 2.75) is 32.7 Å². The molecule has 1 unspecified atom stereocenters. The summed E-state index contributed by atoms with van der Waals surface area (Å²) in [6.45, 7) is 3.79. The van der Waals surface area contributed by atoms with Gasteiger partial charge in [-0.3, -0.25) is 4.79 Å². The second kappa shape index (κ2) is 8.38. The van der Waals surface area contributed by atoms with Gasteiger partial charge in [0, 0.05) is 6.08 Å². The molecule has 1 aromatic rings. The number of allylic oxidation sites excluding steroid dienone is 1. The zero-order valence-corrected chi connectivity index (χ0v) is 12.3. The molecule has 4 nitrogen and oxygen atoms in total. The van der Waals surface area contributed by atoms with Gasteiger partial charge >= 0.3 is 0 Å². The van der Waals surface area contributed by atoms with E-state index in [0.29, 0.717) is 12.8 Å². The molecular weight excluding hydrogens is 254 g/mol. The van der Waals surface area contributed by atoms with E-state index < -0.39 is 0 Å². The third-order valence-corrected chi connectivity index (χ3v) is 3.10. The predicted molar refractivity (Wildman–Crippen MR) is 79.8 cm³/mol. The van der Waals surface area contributed by atoms with Gasteiger partial charge in [0.2, 0.25) is 5.91 Å². The van der Waals surface area contributed by atoms with Crippen molar-refractivity contribution in [1.29, 1.82) is 0 Å². The number of hydrogen-bond donors (Lipinski definition) is 2. The molecule has 0 aliphatic heterocycles. The molecule has 1 amide bonds. The first-order valence-electron chi connectivity index (χ1n) is 6.81. The number of aliphatic hydroxyl groups excluding tert-OH is 1. The summed E-state index contributed by atoms with van der Waals surface area (Å²) in [5.74, 6) is 0.653. The molecule has 0 aromatic heterocycles. The number of rotatable bonds is 7. The normalized spacial score (nSPS) is 12.9. The Labute approximate surface area is 120 Å². The van der Waals surface area contributed by atoms with Crippen LogP contribution in [0.5, 0.6) is 5.75 Å². The number of para-hydroxylation sites is 1. The van der Waals surface area contributed by atoms with Gasteiger partial charge in [0.1, 0.15) is 5.75 Å². The largest absolute Gasteiger partial charge is 0.496 e. The van der Waals surface area contributed by atoms with Crippen molar-refractivity contribution >= 4 is 5.91 Å². The van der Waals surface area contributed by atoms with Crippen molar-refractivity contribution in [2.75, 3.05) is 13.7 Å². The number of carbonyl (C=O) groups excluding carboxylic acids is 1. The van der Waals surface area contributed by atoms with Gasteiger partial charge in [-0.2, -0.15) is 0 Å². The van der Waals surface area contributed by atoms with Crippen LogP contribution in [0.4, 0.5) is 0 Å². The quantitative estimate of drug-likeness (QED) is 0.750. The second-order valence-corrected chi connectivity index (χ2v) is 4.78. The Balaban J connectivity index is 2.67. The smallest absolute Gasteiger partial charge is 0.244 e. The zero-order chi connectivity index (χ0) is 15.0. The van der Waals surface area contributed by atoms with E-state index in [4.69, 9.17) is 9.84 Å². The van der Waals surface area contributed by atoms with E-state index in [1.807, 2.05) is 38.1 Å². The van der Waals surface area contributed by atoms with Crippen LogP contribution in [0.15, 0.2) is 35.9 Å². The Kier molecular flexibility index (Phi) is 6.81. The molecule has 2 N–H and O–H groups in total. The predicted octanol–water partition coefficient (Wildman–Crippen LogP) is 2.07. The van der Waals surface area contributed by atoms with E-state index in [1.165, 1.54) is 0 Å². The van der Waals surface area contributed by atoms with Crippen molar-refractivity contribution in [1.82, 2.24) is 5.32 Å². The van der Waals surface area contributed by atoms with Crippen molar-refractivity contribution in [3.05, 3.63) is 41.5 Å². The molecule has 0 saturated carbocycles. The summed E-state index contributed by atoms with van der Waals surface area (Å²) in [5, 5.41) is 11.8. The van der Waals surface area contributed by atoms with Gasteiger partial charge in [0.05, 0.1) is 19.8 Å². The molecule has 0 aliphatic rings. The Morgan fingerprint density at radius 3 is 2.75 bits per heavy atom. The van der Waals surface area contributed by atoms with Crippen LogP contribution in [0.1, 0.15) is 25.8 Å². The number of carbonyl (C=O) groups is 1. The van der Waals surface area contributed by atoms with Gasteiger partial charge in [0.15, 0.2) is 0 Å². The lowest BCUT2D eigenvalue weighted by molar-refractivity contribution is -0.117. The summed E-state index contributed by atoms with van der Waals surface area (Å²) in [6, 6.07) is 7.57. The zero-order valence-electron chi connectivity index (χ0n) is 12.3. The Bertz CT molecular complexity index is 465. The van der Waals surface area contributed by atoms with Gasteiger partial charge in [-0.1, -0.05) is 30.7 Å². The van der Waals surface area contributed by atoms with E-state index in [2.05, 4.69) is 5.32 Å². The highest BCUT2D eigenvalue weighted by Crippen LogP contribution is 2.20.